The van der Waals surface area contributed by atoms with Gasteiger partial charge in [0.2, 0.25) is 0 Å². The number of hydrogen-bond donors (Lipinski definition) is 1. The minimum absolute atomic E-state index is 0.618. The number of rotatable bonds is 4. The summed E-state index contributed by atoms with van der Waals surface area (Å²) in [6.45, 7) is 7.53. The zero-order valence-corrected chi connectivity index (χ0v) is 12.9. The van der Waals surface area contributed by atoms with Crippen molar-refractivity contribution < 1.29 is 0 Å². The summed E-state index contributed by atoms with van der Waals surface area (Å²) in [6, 6.07) is 0.618. The van der Waals surface area contributed by atoms with E-state index in [0.717, 1.165) is 23.1 Å². The third kappa shape index (κ3) is 2.56. The summed E-state index contributed by atoms with van der Waals surface area (Å²) >= 11 is 1.77. The average Bonchev–Trinajstić information content (AvgIpc) is 3.03. The predicted octanol–water partition coefficient (Wildman–Crippen LogP) is 3.68. The molecule has 104 valence electrons. The van der Waals surface area contributed by atoms with Crippen LogP contribution in [0.1, 0.15) is 48.9 Å². The zero-order valence-electron chi connectivity index (χ0n) is 12.1. The molecule has 1 fully saturated rings. The number of hydrogen-bond acceptors (Lipinski definition) is 3. The van der Waals surface area contributed by atoms with Crippen molar-refractivity contribution in [2.75, 3.05) is 0 Å². The zero-order chi connectivity index (χ0) is 13.4. The van der Waals surface area contributed by atoms with Crippen molar-refractivity contribution in [2.45, 2.75) is 59.0 Å². The maximum Gasteiger partial charge on any atom is 0.194 e. The van der Waals surface area contributed by atoms with Gasteiger partial charge in [0, 0.05) is 23.7 Å². The third-order valence-corrected chi connectivity index (χ3v) is 5.34. The van der Waals surface area contributed by atoms with Crippen LogP contribution in [-0.2, 0) is 6.54 Å². The van der Waals surface area contributed by atoms with Gasteiger partial charge in [-0.2, -0.15) is 0 Å². The van der Waals surface area contributed by atoms with Gasteiger partial charge in [-0.15, -0.1) is 11.3 Å². The second-order valence-corrected chi connectivity index (χ2v) is 7.07. The van der Waals surface area contributed by atoms with E-state index in [4.69, 9.17) is 0 Å². The van der Waals surface area contributed by atoms with Crippen molar-refractivity contribution in [3.8, 4) is 0 Å². The van der Waals surface area contributed by atoms with E-state index in [1.807, 2.05) is 0 Å². The number of fused-ring (bicyclic) bond motifs is 1. The number of thiazole rings is 1. The van der Waals surface area contributed by atoms with Crippen molar-refractivity contribution in [1.82, 2.24) is 14.7 Å². The van der Waals surface area contributed by atoms with Crippen molar-refractivity contribution >= 4 is 16.3 Å². The number of aryl methyl sites for hydroxylation is 2. The van der Waals surface area contributed by atoms with Crippen molar-refractivity contribution in [3.63, 3.8) is 0 Å². The Hall–Kier alpha value is -0.870. The van der Waals surface area contributed by atoms with E-state index in [0.29, 0.717) is 6.04 Å². The van der Waals surface area contributed by atoms with Crippen LogP contribution in [0.25, 0.3) is 4.96 Å². The maximum absolute atomic E-state index is 4.65. The number of nitrogens with one attached hydrogen (secondary N) is 1. The van der Waals surface area contributed by atoms with E-state index in [9.17, 15) is 0 Å². The first-order valence-corrected chi connectivity index (χ1v) is 8.14. The first-order valence-electron chi connectivity index (χ1n) is 7.32. The normalized spacial score (nSPS) is 18.5. The molecule has 19 heavy (non-hydrogen) atoms. The molecule has 0 amide bonds. The molecule has 4 heteroatoms. The topological polar surface area (TPSA) is 29.3 Å². The number of nitrogens with zero attached hydrogens (tertiary/aromatic N) is 2. The summed E-state index contributed by atoms with van der Waals surface area (Å²) < 4.78 is 2.25. The third-order valence-electron chi connectivity index (χ3n) is 4.44. The fourth-order valence-corrected chi connectivity index (χ4v) is 4.09. The van der Waals surface area contributed by atoms with Gasteiger partial charge in [-0.25, -0.2) is 4.98 Å². The SMILES string of the molecule is Cc1cn2c(CN[C@H](C)C3CCCC3)c(C)nc2s1. The molecule has 1 aliphatic carbocycles. The number of aromatic nitrogens is 2. The lowest BCUT2D eigenvalue weighted by atomic mass is 10.00. The van der Waals surface area contributed by atoms with Crippen LogP contribution in [0, 0.1) is 19.8 Å². The van der Waals surface area contributed by atoms with Crippen LogP contribution in [0.4, 0.5) is 0 Å². The standard InChI is InChI=1S/C15H23N3S/c1-10-9-18-14(12(3)17-15(18)19-10)8-16-11(2)13-6-4-5-7-13/h9,11,13,16H,4-8H2,1-3H3/t11-/m1/s1. The highest BCUT2D eigenvalue weighted by Crippen LogP contribution is 2.28. The quantitative estimate of drug-likeness (QED) is 0.923. The van der Waals surface area contributed by atoms with Crippen LogP contribution in [0.2, 0.25) is 0 Å². The molecule has 1 aliphatic rings. The fourth-order valence-electron chi connectivity index (χ4n) is 3.20. The molecule has 2 aromatic heterocycles. The van der Waals surface area contributed by atoms with Crippen molar-refractivity contribution in [2.24, 2.45) is 5.92 Å². The molecule has 1 atom stereocenters. The highest BCUT2D eigenvalue weighted by molar-refractivity contribution is 7.17. The van der Waals surface area contributed by atoms with E-state index >= 15 is 0 Å². The largest absolute Gasteiger partial charge is 0.308 e. The molecule has 0 spiro atoms. The monoisotopic (exact) mass is 277 g/mol. The minimum Gasteiger partial charge on any atom is -0.308 e. The summed E-state index contributed by atoms with van der Waals surface area (Å²) in [7, 11) is 0. The van der Waals surface area contributed by atoms with Gasteiger partial charge in [0.15, 0.2) is 4.96 Å². The van der Waals surface area contributed by atoms with E-state index in [2.05, 4.69) is 41.7 Å². The smallest absolute Gasteiger partial charge is 0.194 e. The molecule has 2 heterocycles. The predicted molar refractivity (Wildman–Crippen MR) is 80.8 cm³/mol. The van der Waals surface area contributed by atoms with Gasteiger partial charge in [0.1, 0.15) is 0 Å². The summed E-state index contributed by atoms with van der Waals surface area (Å²) in [5, 5.41) is 3.71. The minimum atomic E-state index is 0.618. The molecular weight excluding hydrogens is 254 g/mol. The highest BCUT2D eigenvalue weighted by atomic mass is 32.1. The van der Waals surface area contributed by atoms with E-state index in [-0.39, 0.29) is 0 Å². The summed E-state index contributed by atoms with van der Waals surface area (Å²) in [6.07, 6.45) is 7.82. The molecule has 0 unspecified atom stereocenters. The van der Waals surface area contributed by atoms with Gasteiger partial charge in [-0.3, -0.25) is 4.40 Å². The molecule has 0 saturated heterocycles. The molecule has 0 aliphatic heterocycles. The van der Waals surface area contributed by atoms with Gasteiger partial charge in [-0.1, -0.05) is 12.8 Å². The van der Waals surface area contributed by atoms with Gasteiger partial charge in [0.05, 0.1) is 11.4 Å². The molecule has 2 aromatic rings. The first kappa shape index (κ1) is 13.1. The Labute approximate surface area is 119 Å². The Balaban J connectivity index is 1.72. The first-order chi connectivity index (χ1) is 9.15. The second-order valence-electron chi connectivity index (χ2n) is 5.85. The van der Waals surface area contributed by atoms with E-state index in [1.165, 1.54) is 36.3 Å². The molecule has 1 saturated carbocycles. The summed E-state index contributed by atoms with van der Waals surface area (Å²) in [4.78, 5) is 7.10. The van der Waals surface area contributed by atoms with Gasteiger partial charge in [-0.05, 0) is 39.5 Å². The summed E-state index contributed by atoms with van der Waals surface area (Å²) in [5.41, 5.74) is 2.49. The van der Waals surface area contributed by atoms with Crippen LogP contribution < -0.4 is 5.32 Å². The molecule has 0 radical (unpaired) electrons. The van der Waals surface area contributed by atoms with Crippen LogP contribution in [0.5, 0.6) is 0 Å². The van der Waals surface area contributed by atoms with Crippen LogP contribution in [0.3, 0.4) is 0 Å². The molecule has 3 nitrogen and oxygen atoms in total. The van der Waals surface area contributed by atoms with Gasteiger partial charge < -0.3 is 5.32 Å². The molecule has 3 rings (SSSR count). The lowest BCUT2D eigenvalue weighted by molar-refractivity contribution is 0.378. The van der Waals surface area contributed by atoms with Crippen molar-refractivity contribution in [3.05, 3.63) is 22.5 Å². The Morgan fingerprint density at radius 3 is 2.89 bits per heavy atom. The lowest BCUT2D eigenvalue weighted by Gasteiger charge is -2.20. The van der Waals surface area contributed by atoms with E-state index < -0.39 is 0 Å². The Morgan fingerprint density at radius 2 is 2.16 bits per heavy atom. The van der Waals surface area contributed by atoms with Crippen molar-refractivity contribution in [1.29, 1.82) is 0 Å². The Kier molecular flexibility index (Phi) is 3.63. The molecule has 0 aromatic carbocycles. The second kappa shape index (κ2) is 5.25. The fraction of sp³-hybridized carbons (Fsp3) is 0.667. The molecule has 1 N–H and O–H groups in total. The summed E-state index contributed by atoms with van der Waals surface area (Å²) in [5.74, 6) is 0.868. The number of imidazole rings is 1. The maximum atomic E-state index is 4.65. The Bertz CT molecular complexity index is 563. The van der Waals surface area contributed by atoms with E-state index in [1.54, 1.807) is 11.3 Å². The Morgan fingerprint density at radius 1 is 1.42 bits per heavy atom. The highest BCUT2D eigenvalue weighted by Gasteiger charge is 2.21. The molecule has 0 bridgehead atoms. The van der Waals surface area contributed by atoms with Crippen LogP contribution in [-0.4, -0.2) is 15.4 Å². The molecular formula is C15H23N3S. The van der Waals surface area contributed by atoms with Gasteiger partial charge in [0.25, 0.3) is 0 Å². The van der Waals surface area contributed by atoms with Crippen LogP contribution in [0.15, 0.2) is 6.20 Å². The average molecular weight is 277 g/mol. The lowest BCUT2D eigenvalue weighted by Crippen LogP contribution is -2.32. The van der Waals surface area contributed by atoms with Gasteiger partial charge >= 0.3 is 0 Å². The van der Waals surface area contributed by atoms with Crippen LogP contribution >= 0.6 is 11.3 Å².